The number of anilines is 1. The second kappa shape index (κ2) is 9.68. The van der Waals surface area contributed by atoms with Gasteiger partial charge in [0.2, 0.25) is 5.91 Å². The second-order valence-electron chi connectivity index (χ2n) is 8.15. The summed E-state index contributed by atoms with van der Waals surface area (Å²) in [4.78, 5) is 26.0. The molecule has 1 amide bonds. The maximum absolute atomic E-state index is 12.7. The first-order valence-corrected chi connectivity index (χ1v) is 10.7. The normalized spacial score (nSPS) is 20.5. The molecule has 0 aliphatic carbocycles. The molecule has 2 fully saturated rings. The van der Waals surface area contributed by atoms with Crippen molar-refractivity contribution in [1.29, 1.82) is 5.26 Å². The van der Waals surface area contributed by atoms with Crippen LogP contribution in [0.3, 0.4) is 0 Å². The second-order valence-corrected chi connectivity index (χ2v) is 8.15. The van der Waals surface area contributed by atoms with Crippen molar-refractivity contribution in [3.05, 3.63) is 54.0 Å². The van der Waals surface area contributed by atoms with Crippen molar-refractivity contribution in [2.24, 2.45) is 5.92 Å². The van der Waals surface area contributed by atoms with Gasteiger partial charge in [0.25, 0.3) is 0 Å². The molecule has 2 aliphatic rings. The molecular formula is C23H28N6O. The number of pyridine rings is 2. The molecule has 0 aromatic carbocycles. The lowest BCUT2D eigenvalue weighted by atomic mass is 9.93. The van der Waals surface area contributed by atoms with E-state index < -0.39 is 0 Å². The Morgan fingerprint density at radius 2 is 2.03 bits per heavy atom. The summed E-state index contributed by atoms with van der Waals surface area (Å²) in [5, 5.41) is 12.0. The number of piperidine rings is 2. The van der Waals surface area contributed by atoms with Crippen LogP contribution in [0.5, 0.6) is 0 Å². The average molecular weight is 405 g/mol. The minimum Gasteiger partial charge on any atom is -0.357 e. The van der Waals surface area contributed by atoms with Crippen molar-refractivity contribution in [2.75, 3.05) is 31.1 Å². The topological polar surface area (TPSA) is 85.2 Å². The number of aromatic nitrogens is 2. The highest BCUT2D eigenvalue weighted by atomic mass is 16.1. The van der Waals surface area contributed by atoms with Gasteiger partial charge in [-0.25, -0.2) is 4.98 Å². The van der Waals surface area contributed by atoms with Gasteiger partial charge in [-0.05, 0) is 56.0 Å². The molecule has 0 saturated carbocycles. The third-order valence-corrected chi connectivity index (χ3v) is 6.19. The van der Waals surface area contributed by atoms with E-state index in [1.54, 1.807) is 18.6 Å². The van der Waals surface area contributed by atoms with Crippen LogP contribution < -0.4 is 10.2 Å². The molecule has 1 atom stereocenters. The molecule has 30 heavy (non-hydrogen) atoms. The van der Waals surface area contributed by atoms with Crippen molar-refractivity contribution in [2.45, 2.75) is 38.3 Å². The van der Waals surface area contributed by atoms with Crippen molar-refractivity contribution >= 4 is 11.7 Å². The first-order valence-electron chi connectivity index (χ1n) is 10.7. The Labute approximate surface area is 177 Å². The lowest BCUT2D eigenvalue weighted by molar-refractivity contribution is -0.127. The molecule has 2 saturated heterocycles. The molecule has 2 aromatic rings. The van der Waals surface area contributed by atoms with E-state index in [1.807, 2.05) is 24.3 Å². The predicted octanol–water partition coefficient (Wildman–Crippen LogP) is 2.35. The van der Waals surface area contributed by atoms with Gasteiger partial charge in [-0.2, -0.15) is 5.26 Å². The van der Waals surface area contributed by atoms with Gasteiger partial charge in [0.1, 0.15) is 11.9 Å². The summed E-state index contributed by atoms with van der Waals surface area (Å²) in [6, 6.07) is 10.3. The minimum absolute atomic E-state index is 0.0636. The molecule has 4 rings (SSSR count). The van der Waals surface area contributed by atoms with Crippen LogP contribution in [-0.4, -0.2) is 53.0 Å². The first kappa shape index (κ1) is 20.3. The van der Waals surface area contributed by atoms with E-state index in [-0.39, 0.29) is 11.8 Å². The van der Waals surface area contributed by atoms with Crippen LogP contribution in [0.4, 0.5) is 5.82 Å². The Morgan fingerprint density at radius 1 is 1.17 bits per heavy atom. The fraction of sp³-hybridized carbons (Fsp3) is 0.478. The molecule has 7 heteroatoms. The molecule has 2 aliphatic heterocycles. The van der Waals surface area contributed by atoms with Crippen LogP contribution in [0.1, 0.15) is 36.8 Å². The van der Waals surface area contributed by atoms with Crippen molar-refractivity contribution in [3.8, 4) is 6.07 Å². The highest BCUT2D eigenvalue weighted by Gasteiger charge is 2.31. The lowest BCUT2D eigenvalue weighted by Crippen LogP contribution is -2.50. The summed E-state index contributed by atoms with van der Waals surface area (Å²) in [5.41, 5.74) is 1.62. The van der Waals surface area contributed by atoms with Gasteiger partial charge in [-0.15, -0.1) is 0 Å². The van der Waals surface area contributed by atoms with Gasteiger partial charge < -0.3 is 10.2 Å². The summed E-state index contributed by atoms with van der Waals surface area (Å²) in [5.74, 6) is 1.16. The number of nitrogens with one attached hydrogen (secondary N) is 1. The Balaban J connectivity index is 1.26. The largest absolute Gasteiger partial charge is 0.357 e. The molecule has 0 spiro atoms. The third-order valence-electron chi connectivity index (χ3n) is 6.19. The summed E-state index contributed by atoms with van der Waals surface area (Å²) in [6.07, 6.45) is 9.36. The smallest absolute Gasteiger partial charge is 0.224 e. The van der Waals surface area contributed by atoms with Crippen LogP contribution in [0, 0.1) is 17.2 Å². The highest BCUT2D eigenvalue weighted by molar-refractivity contribution is 5.78. The monoisotopic (exact) mass is 404 g/mol. The van der Waals surface area contributed by atoms with E-state index in [9.17, 15) is 4.79 Å². The zero-order valence-corrected chi connectivity index (χ0v) is 17.2. The number of nitrogens with zero attached hydrogens (tertiary/aromatic N) is 5. The van der Waals surface area contributed by atoms with E-state index in [0.717, 1.165) is 63.2 Å². The van der Waals surface area contributed by atoms with E-state index in [1.165, 1.54) is 0 Å². The number of hydrogen-bond acceptors (Lipinski definition) is 6. The van der Waals surface area contributed by atoms with Crippen molar-refractivity contribution in [3.63, 3.8) is 0 Å². The van der Waals surface area contributed by atoms with Gasteiger partial charge in [0, 0.05) is 50.8 Å². The van der Waals surface area contributed by atoms with Crippen LogP contribution in [0.25, 0.3) is 0 Å². The standard InChI is InChI=1S/C23H28N6O/c24-13-18-5-6-22(26-15-18)28-11-7-21(8-12-28)29-10-2-4-20(17-29)23(30)27-16-19-3-1-9-25-14-19/h1,3,5-6,9,14-15,20-21H,2,4,7-8,10-12,16-17H2,(H,27,30). The number of rotatable bonds is 5. The SMILES string of the molecule is N#Cc1ccc(N2CCC(N3CCCC(C(=O)NCc4cccnc4)C3)CC2)nc1. The van der Waals surface area contributed by atoms with E-state index >= 15 is 0 Å². The Kier molecular flexibility index (Phi) is 6.55. The summed E-state index contributed by atoms with van der Waals surface area (Å²) in [6.45, 7) is 4.37. The molecule has 2 aromatic heterocycles. The van der Waals surface area contributed by atoms with Gasteiger partial charge in [0.05, 0.1) is 11.5 Å². The number of carbonyl (C=O) groups excluding carboxylic acids is 1. The molecule has 1 N–H and O–H groups in total. The predicted molar refractivity (Wildman–Crippen MR) is 115 cm³/mol. The molecule has 4 heterocycles. The third kappa shape index (κ3) is 4.95. The summed E-state index contributed by atoms with van der Waals surface area (Å²) < 4.78 is 0. The fourth-order valence-corrected chi connectivity index (χ4v) is 4.49. The maximum atomic E-state index is 12.7. The zero-order chi connectivity index (χ0) is 20.8. The van der Waals surface area contributed by atoms with Gasteiger partial charge in [0.15, 0.2) is 0 Å². The summed E-state index contributed by atoms with van der Waals surface area (Å²) in [7, 11) is 0. The van der Waals surface area contributed by atoms with Gasteiger partial charge in [-0.1, -0.05) is 6.07 Å². The quantitative estimate of drug-likeness (QED) is 0.823. The van der Waals surface area contributed by atoms with Gasteiger partial charge >= 0.3 is 0 Å². The number of carbonyl (C=O) groups is 1. The number of likely N-dealkylation sites (tertiary alicyclic amines) is 1. The maximum Gasteiger partial charge on any atom is 0.224 e. The van der Waals surface area contributed by atoms with E-state index in [0.29, 0.717) is 18.2 Å². The average Bonchev–Trinajstić information content (AvgIpc) is 2.83. The zero-order valence-electron chi connectivity index (χ0n) is 17.2. The van der Waals surface area contributed by atoms with Crippen molar-refractivity contribution < 1.29 is 4.79 Å². The number of nitriles is 1. The van der Waals surface area contributed by atoms with Crippen molar-refractivity contribution in [1.82, 2.24) is 20.2 Å². The van der Waals surface area contributed by atoms with Crippen LogP contribution >= 0.6 is 0 Å². The molecule has 0 bridgehead atoms. The Morgan fingerprint density at radius 3 is 2.73 bits per heavy atom. The van der Waals surface area contributed by atoms with E-state index in [2.05, 4.69) is 31.2 Å². The molecule has 7 nitrogen and oxygen atoms in total. The molecule has 1 unspecified atom stereocenters. The Hall–Kier alpha value is -2.98. The molecule has 0 radical (unpaired) electrons. The van der Waals surface area contributed by atoms with Crippen LogP contribution in [0.15, 0.2) is 42.9 Å². The van der Waals surface area contributed by atoms with Crippen LogP contribution in [0.2, 0.25) is 0 Å². The lowest BCUT2D eigenvalue weighted by Gasteiger charge is -2.42. The molecular weight excluding hydrogens is 376 g/mol. The molecule has 156 valence electrons. The summed E-state index contributed by atoms with van der Waals surface area (Å²) >= 11 is 0. The Bertz CT molecular complexity index is 871. The van der Waals surface area contributed by atoms with E-state index in [4.69, 9.17) is 5.26 Å². The highest BCUT2D eigenvalue weighted by Crippen LogP contribution is 2.26. The van der Waals surface area contributed by atoms with Gasteiger partial charge in [-0.3, -0.25) is 14.7 Å². The number of hydrogen-bond donors (Lipinski definition) is 1. The number of amides is 1. The minimum atomic E-state index is 0.0636. The van der Waals surface area contributed by atoms with Crippen LogP contribution in [-0.2, 0) is 11.3 Å². The fourth-order valence-electron chi connectivity index (χ4n) is 4.49. The first-order chi connectivity index (χ1) is 14.7.